The summed E-state index contributed by atoms with van der Waals surface area (Å²) in [5.41, 5.74) is 2.11. The minimum absolute atomic E-state index is 0.353. The van der Waals surface area contributed by atoms with Crippen molar-refractivity contribution in [3.8, 4) is 16.9 Å². The van der Waals surface area contributed by atoms with Crippen molar-refractivity contribution in [3.63, 3.8) is 0 Å². The Kier molecular flexibility index (Phi) is 5.29. The van der Waals surface area contributed by atoms with Gasteiger partial charge in [-0.3, -0.25) is 9.36 Å². The maximum absolute atomic E-state index is 13.3. The molecule has 1 heterocycles. The Morgan fingerprint density at radius 1 is 0.788 bits per heavy atom. The highest BCUT2D eigenvalue weighted by Crippen LogP contribution is 2.25. The zero-order chi connectivity index (χ0) is 22.8. The van der Waals surface area contributed by atoms with Crippen molar-refractivity contribution in [2.24, 2.45) is 0 Å². The molecule has 0 bridgehead atoms. The molecule has 0 amide bonds. The van der Waals surface area contributed by atoms with Crippen molar-refractivity contribution in [3.05, 3.63) is 131 Å². The number of rotatable bonds is 4. The van der Waals surface area contributed by atoms with E-state index in [0.717, 1.165) is 20.9 Å². The zero-order valence-electron chi connectivity index (χ0n) is 17.6. The average Bonchev–Trinajstić information content (AvgIpc) is 3.21. The molecule has 0 N–H and O–H groups in total. The van der Waals surface area contributed by atoms with Gasteiger partial charge in [-0.05, 0) is 52.7 Å². The summed E-state index contributed by atoms with van der Waals surface area (Å²) in [5.74, 6) is -0.838. The fraction of sp³-hybridized carbons (Fsp3) is 0. The normalized spacial score (nSPS) is 11.3. The van der Waals surface area contributed by atoms with Gasteiger partial charge >= 0.3 is 5.69 Å². The number of carbonyl (C=O) groups is 1. The van der Waals surface area contributed by atoms with Crippen LogP contribution in [0.3, 0.4) is 0 Å². The highest BCUT2D eigenvalue weighted by molar-refractivity contribution is 5.97. The van der Waals surface area contributed by atoms with Crippen LogP contribution >= 0.6 is 0 Å². The molecule has 5 rings (SSSR count). The van der Waals surface area contributed by atoms with Crippen molar-refractivity contribution in [2.75, 3.05) is 0 Å². The van der Waals surface area contributed by atoms with Gasteiger partial charge in [0.15, 0.2) is 0 Å². The van der Waals surface area contributed by atoms with Crippen molar-refractivity contribution in [1.82, 2.24) is 9.13 Å². The summed E-state index contributed by atoms with van der Waals surface area (Å²) < 4.78 is 15.8. The van der Waals surface area contributed by atoms with E-state index < -0.39 is 11.6 Å². The smallest absolute Gasteiger partial charge is 0.269 e. The lowest BCUT2D eigenvalue weighted by atomic mass is 10.1. The van der Waals surface area contributed by atoms with Crippen LogP contribution in [0.5, 0.6) is 0 Å². The zero-order valence-corrected chi connectivity index (χ0v) is 17.6. The first-order valence-corrected chi connectivity index (χ1v) is 10.5. The minimum atomic E-state index is -0.484. The Hall–Kier alpha value is -4.51. The van der Waals surface area contributed by atoms with Gasteiger partial charge in [-0.15, -0.1) is 0 Å². The van der Waals surface area contributed by atoms with Gasteiger partial charge in [0.2, 0.25) is 0 Å². The summed E-state index contributed by atoms with van der Waals surface area (Å²) in [6, 6.07) is 28.7. The first-order chi connectivity index (χ1) is 16.1. The van der Waals surface area contributed by atoms with Crippen molar-refractivity contribution >= 4 is 22.8 Å². The first kappa shape index (κ1) is 20.4. The number of imidazole rings is 1. The van der Waals surface area contributed by atoms with Crippen LogP contribution in [0.4, 0.5) is 4.39 Å². The lowest BCUT2D eigenvalue weighted by Gasteiger charge is -2.05. The number of hydrogen-bond acceptors (Lipinski definition) is 2. The Morgan fingerprint density at radius 3 is 2.24 bits per heavy atom. The Morgan fingerprint density at radius 2 is 1.48 bits per heavy atom. The molecular weight excluding hydrogens is 415 g/mol. The SMILES string of the molecule is O=C(/C=C/c1ccc(F)cc1)n1c(-c2ccc3ccccc3c2)cn(-c2ccccc2)c1=O. The number of benzene rings is 4. The van der Waals surface area contributed by atoms with Gasteiger partial charge in [0.05, 0.1) is 11.4 Å². The van der Waals surface area contributed by atoms with E-state index in [0.29, 0.717) is 16.9 Å². The quantitative estimate of drug-likeness (QED) is 0.328. The predicted molar refractivity (Wildman–Crippen MR) is 129 cm³/mol. The number of fused-ring (bicyclic) bond motifs is 1. The third-order valence-electron chi connectivity index (χ3n) is 5.48. The summed E-state index contributed by atoms with van der Waals surface area (Å²) >= 11 is 0. The highest BCUT2D eigenvalue weighted by Gasteiger charge is 2.18. The molecule has 0 aliphatic rings. The fourth-order valence-electron chi connectivity index (χ4n) is 3.80. The third kappa shape index (κ3) is 4.04. The topological polar surface area (TPSA) is 44.0 Å². The molecule has 0 spiro atoms. The second kappa shape index (κ2) is 8.55. The van der Waals surface area contributed by atoms with Crippen molar-refractivity contribution in [1.29, 1.82) is 0 Å². The molecule has 1 aromatic heterocycles. The molecule has 0 saturated carbocycles. The van der Waals surface area contributed by atoms with Gasteiger partial charge in [-0.2, -0.15) is 0 Å². The van der Waals surface area contributed by atoms with Crippen LogP contribution in [-0.4, -0.2) is 15.0 Å². The van der Waals surface area contributed by atoms with Gasteiger partial charge in [-0.1, -0.05) is 66.7 Å². The van der Waals surface area contributed by atoms with E-state index in [-0.39, 0.29) is 5.82 Å². The van der Waals surface area contributed by atoms with Gasteiger partial charge in [0.25, 0.3) is 5.91 Å². The lowest BCUT2D eigenvalue weighted by Crippen LogP contribution is -2.27. The van der Waals surface area contributed by atoms with Crippen LogP contribution in [-0.2, 0) is 0 Å². The van der Waals surface area contributed by atoms with Crippen LogP contribution in [0.1, 0.15) is 10.4 Å². The molecular formula is C28H19FN2O2. The fourth-order valence-corrected chi connectivity index (χ4v) is 3.80. The molecule has 0 aliphatic carbocycles. The maximum atomic E-state index is 13.3. The molecule has 0 unspecified atom stereocenters. The molecule has 5 heteroatoms. The highest BCUT2D eigenvalue weighted by atomic mass is 19.1. The van der Waals surface area contributed by atoms with E-state index >= 15 is 0 Å². The molecule has 5 aromatic rings. The van der Waals surface area contributed by atoms with E-state index in [9.17, 15) is 14.0 Å². The monoisotopic (exact) mass is 434 g/mol. The van der Waals surface area contributed by atoms with E-state index in [4.69, 9.17) is 0 Å². The van der Waals surface area contributed by atoms with Crippen molar-refractivity contribution in [2.45, 2.75) is 0 Å². The molecule has 160 valence electrons. The maximum Gasteiger partial charge on any atom is 0.340 e. The van der Waals surface area contributed by atoms with Gasteiger partial charge < -0.3 is 0 Å². The number of allylic oxidation sites excluding steroid dienone is 1. The van der Waals surface area contributed by atoms with Crippen LogP contribution < -0.4 is 5.69 Å². The van der Waals surface area contributed by atoms with Crippen molar-refractivity contribution < 1.29 is 9.18 Å². The van der Waals surface area contributed by atoms with E-state index in [2.05, 4.69) is 0 Å². The number of hydrogen-bond donors (Lipinski definition) is 0. The first-order valence-electron chi connectivity index (χ1n) is 10.5. The second-order valence-corrected chi connectivity index (χ2v) is 7.62. The summed E-state index contributed by atoms with van der Waals surface area (Å²) in [6.07, 6.45) is 4.58. The summed E-state index contributed by atoms with van der Waals surface area (Å²) in [5, 5.41) is 2.08. The van der Waals surface area contributed by atoms with Crippen LogP contribution in [0.2, 0.25) is 0 Å². The molecule has 0 aliphatic heterocycles. The van der Waals surface area contributed by atoms with Crippen LogP contribution in [0, 0.1) is 5.82 Å². The molecule has 0 saturated heterocycles. The van der Waals surface area contributed by atoms with Gasteiger partial charge in [-0.25, -0.2) is 13.8 Å². The van der Waals surface area contributed by atoms with E-state index in [1.807, 2.05) is 72.8 Å². The lowest BCUT2D eigenvalue weighted by molar-refractivity contribution is 0.0967. The molecule has 4 aromatic carbocycles. The Balaban J connectivity index is 1.64. The number of halogens is 1. The predicted octanol–water partition coefficient (Wildman–Crippen LogP) is 5.95. The molecule has 0 atom stereocenters. The standard InChI is InChI=1S/C28H19FN2O2/c29-24-15-10-20(11-16-24)12-17-27(32)31-26(19-30(28(31)33)25-8-2-1-3-9-25)23-14-13-21-6-4-5-7-22(21)18-23/h1-19H/b17-12+. The van der Waals surface area contributed by atoms with E-state index in [1.54, 1.807) is 24.4 Å². The van der Waals surface area contributed by atoms with Gasteiger partial charge in [0, 0.05) is 17.8 Å². The largest absolute Gasteiger partial charge is 0.340 e. The number of para-hydroxylation sites is 1. The van der Waals surface area contributed by atoms with E-state index in [1.165, 1.54) is 22.8 Å². The molecule has 0 fully saturated rings. The third-order valence-corrected chi connectivity index (χ3v) is 5.48. The Labute approximate surface area is 189 Å². The van der Waals surface area contributed by atoms with Crippen LogP contribution in [0.15, 0.2) is 114 Å². The summed E-state index contributed by atoms with van der Waals surface area (Å²) in [4.78, 5) is 26.5. The Bertz CT molecular complexity index is 1540. The van der Waals surface area contributed by atoms with Gasteiger partial charge in [0.1, 0.15) is 5.82 Å². The van der Waals surface area contributed by atoms with Crippen LogP contribution in [0.25, 0.3) is 33.8 Å². The number of aromatic nitrogens is 2. The summed E-state index contributed by atoms with van der Waals surface area (Å²) in [7, 11) is 0. The molecule has 4 nitrogen and oxygen atoms in total. The summed E-state index contributed by atoms with van der Waals surface area (Å²) in [6.45, 7) is 0. The minimum Gasteiger partial charge on any atom is -0.269 e. The number of nitrogens with zero attached hydrogens (tertiary/aromatic N) is 2. The second-order valence-electron chi connectivity index (χ2n) is 7.62. The molecule has 33 heavy (non-hydrogen) atoms. The average molecular weight is 434 g/mol. The number of carbonyl (C=O) groups excluding carboxylic acids is 1. The molecule has 0 radical (unpaired) electrons.